The Bertz CT molecular complexity index is 464. The number of hydrogen-bond acceptors (Lipinski definition) is 5. The highest BCUT2D eigenvalue weighted by Crippen LogP contribution is 2.29. The van der Waals surface area contributed by atoms with Gasteiger partial charge >= 0.3 is 0 Å². The van der Waals surface area contributed by atoms with Crippen molar-refractivity contribution in [3.63, 3.8) is 0 Å². The van der Waals surface area contributed by atoms with Crippen molar-refractivity contribution in [2.45, 2.75) is 24.7 Å². The number of carbonyl (C=O) groups is 1. The highest BCUT2D eigenvalue weighted by molar-refractivity contribution is 5.91. The predicted molar refractivity (Wildman–Crippen MR) is 63.2 cm³/mol. The summed E-state index contributed by atoms with van der Waals surface area (Å²) in [5, 5.41) is 4.54. The third kappa shape index (κ3) is 2.17. The SMILES string of the molecule is NC(=O)C1=CNC2C=CC(N3CCC(F)(F)C3)NN12. The molecule has 0 radical (unpaired) electrons. The lowest BCUT2D eigenvalue weighted by Gasteiger charge is -2.37. The number of halogens is 2. The van der Waals surface area contributed by atoms with Crippen LogP contribution in [0.1, 0.15) is 6.42 Å². The van der Waals surface area contributed by atoms with Crippen LogP contribution in [-0.4, -0.2) is 47.2 Å². The lowest BCUT2D eigenvalue weighted by molar-refractivity contribution is -0.116. The highest BCUT2D eigenvalue weighted by atomic mass is 19.3. The van der Waals surface area contributed by atoms with Gasteiger partial charge in [-0.2, -0.15) is 0 Å². The zero-order chi connectivity index (χ0) is 13.6. The second kappa shape index (κ2) is 4.17. The van der Waals surface area contributed by atoms with Crippen molar-refractivity contribution in [2.24, 2.45) is 5.73 Å². The molecule has 0 saturated carbocycles. The first-order valence-corrected chi connectivity index (χ1v) is 6.08. The number of hydrazine groups is 1. The summed E-state index contributed by atoms with van der Waals surface area (Å²) in [6.07, 6.45) is 4.45. The number of nitrogens with one attached hydrogen (secondary N) is 2. The van der Waals surface area contributed by atoms with Gasteiger partial charge in [0.15, 0.2) is 0 Å². The van der Waals surface area contributed by atoms with E-state index in [2.05, 4.69) is 10.7 Å². The van der Waals surface area contributed by atoms with E-state index < -0.39 is 11.8 Å². The lowest BCUT2D eigenvalue weighted by Crippen LogP contribution is -2.58. The molecule has 3 aliphatic rings. The molecule has 2 atom stereocenters. The Labute approximate surface area is 108 Å². The number of hydrogen-bond donors (Lipinski definition) is 3. The van der Waals surface area contributed by atoms with Gasteiger partial charge in [0.2, 0.25) is 0 Å². The molecule has 0 aliphatic carbocycles. The summed E-state index contributed by atoms with van der Waals surface area (Å²) in [6, 6.07) is 0. The molecule has 3 rings (SSSR count). The Hall–Kier alpha value is -1.67. The topological polar surface area (TPSA) is 73.6 Å². The van der Waals surface area contributed by atoms with Crippen LogP contribution >= 0.6 is 0 Å². The fourth-order valence-electron chi connectivity index (χ4n) is 2.54. The van der Waals surface area contributed by atoms with Crippen LogP contribution in [0, 0.1) is 0 Å². The number of likely N-dealkylation sites (tertiary alicyclic amines) is 1. The van der Waals surface area contributed by atoms with Gasteiger partial charge in [-0.3, -0.25) is 14.7 Å². The lowest BCUT2D eigenvalue weighted by atomic mass is 10.3. The molecule has 0 aromatic carbocycles. The van der Waals surface area contributed by atoms with Gasteiger partial charge in [-0.1, -0.05) is 6.08 Å². The first-order valence-electron chi connectivity index (χ1n) is 6.08. The molecule has 104 valence electrons. The molecular weight excluding hydrogens is 256 g/mol. The van der Waals surface area contributed by atoms with E-state index in [9.17, 15) is 13.6 Å². The van der Waals surface area contributed by atoms with E-state index in [1.165, 1.54) is 6.20 Å². The van der Waals surface area contributed by atoms with Gasteiger partial charge < -0.3 is 11.1 Å². The molecule has 0 aromatic rings. The first-order chi connectivity index (χ1) is 8.96. The van der Waals surface area contributed by atoms with Crippen molar-refractivity contribution in [1.29, 1.82) is 0 Å². The Morgan fingerprint density at radius 3 is 2.79 bits per heavy atom. The summed E-state index contributed by atoms with van der Waals surface area (Å²) >= 11 is 0. The van der Waals surface area contributed by atoms with Crippen LogP contribution in [0.5, 0.6) is 0 Å². The van der Waals surface area contributed by atoms with Crippen LogP contribution in [0.4, 0.5) is 8.78 Å². The minimum absolute atomic E-state index is 0.140. The van der Waals surface area contributed by atoms with Gasteiger partial charge in [0.1, 0.15) is 11.9 Å². The van der Waals surface area contributed by atoms with Gasteiger partial charge in [-0.05, 0) is 6.08 Å². The number of nitrogens with two attached hydrogens (primary N) is 1. The normalized spacial score (nSPS) is 32.9. The van der Waals surface area contributed by atoms with Crippen LogP contribution in [0.2, 0.25) is 0 Å². The Morgan fingerprint density at radius 1 is 1.42 bits per heavy atom. The van der Waals surface area contributed by atoms with Crippen molar-refractivity contribution < 1.29 is 13.6 Å². The van der Waals surface area contributed by atoms with Gasteiger partial charge in [-0.25, -0.2) is 14.2 Å². The summed E-state index contributed by atoms with van der Waals surface area (Å²) < 4.78 is 26.4. The van der Waals surface area contributed by atoms with Crippen LogP contribution in [0.3, 0.4) is 0 Å². The molecule has 2 unspecified atom stereocenters. The monoisotopic (exact) mass is 271 g/mol. The first kappa shape index (κ1) is 12.4. The van der Waals surface area contributed by atoms with E-state index in [0.717, 1.165) is 0 Å². The third-order valence-electron chi connectivity index (χ3n) is 3.52. The maximum absolute atomic E-state index is 13.2. The molecule has 0 spiro atoms. The summed E-state index contributed by atoms with van der Waals surface area (Å²) in [4.78, 5) is 12.9. The summed E-state index contributed by atoms with van der Waals surface area (Å²) in [6.45, 7) is 0.0348. The maximum Gasteiger partial charge on any atom is 0.267 e. The average molecular weight is 271 g/mol. The molecule has 3 heterocycles. The number of carbonyl (C=O) groups excluding carboxylic acids is 1. The van der Waals surface area contributed by atoms with Crippen LogP contribution in [0.15, 0.2) is 24.0 Å². The summed E-state index contributed by atoms with van der Waals surface area (Å²) in [7, 11) is 0. The molecule has 0 aromatic heterocycles. The number of primary amides is 1. The molecule has 1 saturated heterocycles. The molecule has 4 N–H and O–H groups in total. The smallest absolute Gasteiger partial charge is 0.267 e. The standard InChI is InChI=1S/C11H15F2N5O/c12-11(13)3-4-17(6-11)9-2-1-8-15-5-7(10(14)19)18(8)16-9/h1-2,5,8-9,15-16H,3-4,6H2,(H2,14,19). The number of nitrogens with zero attached hydrogens (tertiary/aromatic N) is 2. The number of fused-ring (bicyclic) bond motifs is 1. The summed E-state index contributed by atoms with van der Waals surface area (Å²) in [5.41, 5.74) is 8.59. The maximum atomic E-state index is 13.2. The Morgan fingerprint density at radius 2 is 2.16 bits per heavy atom. The largest absolute Gasteiger partial charge is 0.365 e. The number of rotatable bonds is 2. The molecular formula is C11H15F2N5O. The zero-order valence-corrected chi connectivity index (χ0v) is 10.1. The van der Waals surface area contributed by atoms with E-state index in [-0.39, 0.29) is 25.3 Å². The summed E-state index contributed by atoms with van der Waals surface area (Å²) in [5.74, 6) is -3.21. The molecule has 8 heteroatoms. The van der Waals surface area contributed by atoms with Crippen LogP contribution in [-0.2, 0) is 4.79 Å². The fraction of sp³-hybridized carbons (Fsp3) is 0.545. The van der Waals surface area contributed by atoms with Crippen molar-refractivity contribution in [3.05, 3.63) is 24.0 Å². The third-order valence-corrected chi connectivity index (χ3v) is 3.52. The molecule has 6 nitrogen and oxygen atoms in total. The van der Waals surface area contributed by atoms with E-state index in [0.29, 0.717) is 12.2 Å². The molecule has 3 aliphatic heterocycles. The quantitative estimate of drug-likeness (QED) is 0.578. The predicted octanol–water partition coefficient (Wildman–Crippen LogP) is -0.714. The molecule has 19 heavy (non-hydrogen) atoms. The van der Waals surface area contributed by atoms with Gasteiger partial charge in [0.25, 0.3) is 11.8 Å². The fourth-order valence-corrected chi connectivity index (χ4v) is 2.54. The Balaban J connectivity index is 1.73. The zero-order valence-electron chi connectivity index (χ0n) is 10.1. The Kier molecular flexibility index (Phi) is 2.72. The second-order valence-corrected chi connectivity index (χ2v) is 4.91. The molecule has 1 amide bonds. The van der Waals surface area contributed by atoms with Gasteiger partial charge in [0, 0.05) is 19.2 Å². The van der Waals surface area contributed by atoms with E-state index in [1.807, 2.05) is 12.2 Å². The molecule has 1 fully saturated rings. The number of amides is 1. The van der Waals surface area contributed by atoms with Crippen LogP contribution in [0.25, 0.3) is 0 Å². The van der Waals surface area contributed by atoms with Crippen molar-refractivity contribution in [2.75, 3.05) is 13.1 Å². The minimum Gasteiger partial charge on any atom is -0.365 e. The van der Waals surface area contributed by atoms with Gasteiger partial charge in [-0.15, -0.1) is 0 Å². The van der Waals surface area contributed by atoms with Crippen molar-refractivity contribution in [1.82, 2.24) is 20.7 Å². The van der Waals surface area contributed by atoms with Gasteiger partial charge in [0.05, 0.1) is 12.7 Å². The van der Waals surface area contributed by atoms with Crippen molar-refractivity contribution >= 4 is 5.91 Å². The second-order valence-electron chi connectivity index (χ2n) is 4.91. The van der Waals surface area contributed by atoms with E-state index in [1.54, 1.807) is 9.91 Å². The van der Waals surface area contributed by atoms with Crippen LogP contribution < -0.4 is 16.5 Å². The average Bonchev–Trinajstić information content (AvgIpc) is 2.91. The van der Waals surface area contributed by atoms with Crippen molar-refractivity contribution in [3.8, 4) is 0 Å². The minimum atomic E-state index is -2.64. The highest BCUT2D eigenvalue weighted by Gasteiger charge is 2.42. The molecule has 0 bridgehead atoms. The van der Waals surface area contributed by atoms with E-state index >= 15 is 0 Å². The van der Waals surface area contributed by atoms with E-state index in [4.69, 9.17) is 5.73 Å². The number of alkyl halides is 2.